The molecule has 4 N–H and O–H groups in total. The number of hydrogen-bond donors (Lipinski definition) is 3. The number of halogens is 1. The fourth-order valence-corrected chi connectivity index (χ4v) is 2.67. The van der Waals surface area contributed by atoms with Crippen molar-refractivity contribution in [2.24, 2.45) is 5.73 Å². The highest BCUT2D eigenvalue weighted by Crippen LogP contribution is 2.25. The Bertz CT molecular complexity index is 521. The first-order chi connectivity index (χ1) is 10.5. The van der Waals surface area contributed by atoms with Gasteiger partial charge in [0.2, 0.25) is 5.91 Å². The molecule has 122 valence electrons. The van der Waals surface area contributed by atoms with Gasteiger partial charge in [-0.1, -0.05) is 6.92 Å². The molecule has 0 aliphatic carbocycles. The van der Waals surface area contributed by atoms with Crippen LogP contribution in [0.1, 0.15) is 26.7 Å². The zero-order valence-electron chi connectivity index (χ0n) is 13.2. The van der Waals surface area contributed by atoms with E-state index in [1.54, 1.807) is 13.0 Å². The Morgan fingerprint density at radius 1 is 1.50 bits per heavy atom. The van der Waals surface area contributed by atoms with Crippen molar-refractivity contribution in [1.29, 1.82) is 0 Å². The number of rotatable bonds is 5. The third-order valence-electron chi connectivity index (χ3n) is 3.97. The zero-order valence-corrected chi connectivity index (χ0v) is 13.2. The van der Waals surface area contributed by atoms with Crippen LogP contribution < -0.4 is 16.4 Å². The van der Waals surface area contributed by atoms with Gasteiger partial charge in [0.1, 0.15) is 5.82 Å². The number of anilines is 2. The second-order valence-corrected chi connectivity index (χ2v) is 5.84. The summed E-state index contributed by atoms with van der Waals surface area (Å²) in [6, 6.07) is 3.96. The van der Waals surface area contributed by atoms with Crippen molar-refractivity contribution in [3.63, 3.8) is 0 Å². The summed E-state index contributed by atoms with van der Waals surface area (Å²) in [5, 5.41) is 6.11. The number of hydrogen-bond acceptors (Lipinski definition) is 4. The predicted octanol–water partition coefficient (Wildman–Crippen LogP) is 2.01. The SMILES string of the molecule is CCN1CCC[C@H](Nc2cc(F)ccc2NC(=O)[C@H](C)N)C1. The maximum atomic E-state index is 13.6. The number of nitrogens with zero attached hydrogens (tertiary/aromatic N) is 1. The minimum atomic E-state index is -0.608. The fraction of sp³-hybridized carbons (Fsp3) is 0.562. The maximum absolute atomic E-state index is 13.6. The number of nitrogens with two attached hydrogens (primary N) is 1. The average molecular weight is 308 g/mol. The maximum Gasteiger partial charge on any atom is 0.241 e. The van der Waals surface area contributed by atoms with Gasteiger partial charge in [0.25, 0.3) is 0 Å². The average Bonchev–Trinajstić information content (AvgIpc) is 2.50. The molecule has 0 radical (unpaired) electrons. The first-order valence-electron chi connectivity index (χ1n) is 7.84. The summed E-state index contributed by atoms with van der Waals surface area (Å²) < 4.78 is 13.6. The van der Waals surface area contributed by atoms with Gasteiger partial charge in [-0.05, 0) is 51.1 Å². The van der Waals surface area contributed by atoms with E-state index in [-0.39, 0.29) is 17.8 Å². The van der Waals surface area contributed by atoms with Crippen molar-refractivity contribution in [3.8, 4) is 0 Å². The lowest BCUT2D eigenvalue weighted by Gasteiger charge is -2.33. The Balaban J connectivity index is 2.11. The van der Waals surface area contributed by atoms with E-state index in [9.17, 15) is 9.18 Å². The Hall–Kier alpha value is -1.66. The summed E-state index contributed by atoms with van der Waals surface area (Å²) in [6.07, 6.45) is 2.15. The van der Waals surface area contributed by atoms with Crippen LogP contribution in [0.5, 0.6) is 0 Å². The van der Waals surface area contributed by atoms with Gasteiger partial charge in [0, 0.05) is 12.6 Å². The monoisotopic (exact) mass is 308 g/mol. The van der Waals surface area contributed by atoms with Gasteiger partial charge in [-0.3, -0.25) is 4.79 Å². The van der Waals surface area contributed by atoms with E-state index in [1.807, 2.05) is 0 Å². The largest absolute Gasteiger partial charge is 0.379 e. The number of piperidine rings is 1. The Morgan fingerprint density at radius 2 is 2.27 bits per heavy atom. The van der Waals surface area contributed by atoms with E-state index in [4.69, 9.17) is 5.73 Å². The Kier molecular flexibility index (Phi) is 5.74. The molecule has 1 amide bonds. The molecule has 1 aliphatic heterocycles. The minimum absolute atomic E-state index is 0.251. The van der Waals surface area contributed by atoms with Crippen LogP contribution >= 0.6 is 0 Å². The van der Waals surface area contributed by atoms with Gasteiger partial charge in [0.05, 0.1) is 17.4 Å². The summed E-state index contributed by atoms with van der Waals surface area (Å²) in [5.74, 6) is -0.613. The highest BCUT2D eigenvalue weighted by Gasteiger charge is 2.20. The van der Waals surface area contributed by atoms with E-state index < -0.39 is 6.04 Å². The standard InChI is InChI=1S/C16H25FN4O/c1-3-21-8-4-5-13(10-21)19-15-9-12(17)6-7-14(15)20-16(22)11(2)18/h6-7,9,11,13,19H,3-5,8,10,18H2,1-2H3,(H,20,22)/t11-,13-/m0/s1. The molecule has 0 unspecified atom stereocenters. The molecule has 1 aliphatic rings. The Morgan fingerprint density at radius 3 is 2.95 bits per heavy atom. The molecule has 2 rings (SSSR count). The summed E-state index contributed by atoms with van der Waals surface area (Å²) in [4.78, 5) is 14.1. The Labute approximate surface area is 131 Å². The summed E-state index contributed by atoms with van der Waals surface area (Å²) in [7, 11) is 0. The van der Waals surface area contributed by atoms with Gasteiger partial charge in [-0.15, -0.1) is 0 Å². The van der Waals surface area contributed by atoms with Crippen molar-refractivity contribution in [3.05, 3.63) is 24.0 Å². The lowest BCUT2D eigenvalue weighted by Crippen LogP contribution is -2.42. The van der Waals surface area contributed by atoms with Gasteiger partial charge in [-0.25, -0.2) is 4.39 Å². The van der Waals surface area contributed by atoms with Gasteiger partial charge < -0.3 is 21.3 Å². The molecule has 0 bridgehead atoms. The van der Waals surface area contributed by atoms with Gasteiger partial charge >= 0.3 is 0 Å². The second-order valence-electron chi connectivity index (χ2n) is 5.84. The number of likely N-dealkylation sites (N-methyl/N-ethyl adjacent to an activating group) is 1. The summed E-state index contributed by atoms with van der Waals surface area (Å²) >= 11 is 0. The number of carbonyl (C=O) groups excluding carboxylic acids is 1. The van der Waals surface area contributed by atoms with Crippen molar-refractivity contribution in [1.82, 2.24) is 4.90 Å². The van der Waals surface area contributed by atoms with Crippen LogP contribution in [0, 0.1) is 5.82 Å². The zero-order chi connectivity index (χ0) is 16.1. The summed E-state index contributed by atoms with van der Waals surface area (Å²) in [5.41, 5.74) is 6.75. The highest BCUT2D eigenvalue weighted by molar-refractivity contribution is 5.97. The number of likely N-dealkylation sites (tertiary alicyclic amines) is 1. The van der Waals surface area contributed by atoms with E-state index >= 15 is 0 Å². The van der Waals surface area contributed by atoms with Crippen LogP contribution in [0.3, 0.4) is 0 Å². The first-order valence-corrected chi connectivity index (χ1v) is 7.84. The fourth-order valence-electron chi connectivity index (χ4n) is 2.67. The van der Waals surface area contributed by atoms with E-state index in [1.165, 1.54) is 12.1 Å². The quantitative estimate of drug-likeness (QED) is 0.778. The number of nitrogens with one attached hydrogen (secondary N) is 2. The minimum Gasteiger partial charge on any atom is -0.379 e. The van der Waals surface area contributed by atoms with Crippen LogP contribution in [-0.4, -0.2) is 42.5 Å². The summed E-state index contributed by atoms with van der Waals surface area (Å²) in [6.45, 7) is 6.79. The van der Waals surface area contributed by atoms with Gasteiger partial charge in [-0.2, -0.15) is 0 Å². The van der Waals surface area contributed by atoms with Crippen molar-refractivity contribution >= 4 is 17.3 Å². The molecule has 0 spiro atoms. The molecule has 1 heterocycles. The molecular formula is C16H25FN4O. The molecule has 1 aromatic rings. The normalized spacial score (nSPS) is 20.5. The lowest BCUT2D eigenvalue weighted by atomic mass is 10.1. The van der Waals surface area contributed by atoms with Crippen LogP contribution in [-0.2, 0) is 4.79 Å². The molecule has 2 atom stereocenters. The van der Waals surface area contributed by atoms with Crippen molar-refractivity contribution in [2.75, 3.05) is 30.3 Å². The third-order valence-corrected chi connectivity index (χ3v) is 3.97. The molecule has 1 fully saturated rings. The first kappa shape index (κ1) is 16.7. The highest BCUT2D eigenvalue weighted by atomic mass is 19.1. The van der Waals surface area contributed by atoms with Crippen LogP contribution in [0.4, 0.5) is 15.8 Å². The van der Waals surface area contributed by atoms with Crippen LogP contribution in [0.25, 0.3) is 0 Å². The predicted molar refractivity (Wildman–Crippen MR) is 87.4 cm³/mol. The topological polar surface area (TPSA) is 70.4 Å². The van der Waals surface area contributed by atoms with E-state index in [2.05, 4.69) is 22.5 Å². The molecule has 5 nitrogen and oxygen atoms in total. The van der Waals surface area contributed by atoms with Crippen molar-refractivity contribution in [2.45, 2.75) is 38.8 Å². The second kappa shape index (κ2) is 7.56. The molecule has 0 saturated carbocycles. The van der Waals surface area contributed by atoms with E-state index in [0.29, 0.717) is 11.4 Å². The van der Waals surface area contributed by atoms with E-state index in [0.717, 1.165) is 32.5 Å². The molecule has 22 heavy (non-hydrogen) atoms. The third kappa shape index (κ3) is 4.42. The number of carbonyl (C=O) groups is 1. The van der Waals surface area contributed by atoms with Gasteiger partial charge in [0.15, 0.2) is 0 Å². The van der Waals surface area contributed by atoms with Crippen LogP contribution in [0.15, 0.2) is 18.2 Å². The molecule has 6 heteroatoms. The molecule has 0 aromatic heterocycles. The molecule has 1 saturated heterocycles. The number of benzene rings is 1. The molecule has 1 aromatic carbocycles. The molecular weight excluding hydrogens is 283 g/mol. The lowest BCUT2D eigenvalue weighted by molar-refractivity contribution is -0.117. The van der Waals surface area contributed by atoms with Crippen LogP contribution in [0.2, 0.25) is 0 Å². The van der Waals surface area contributed by atoms with Crippen molar-refractivity contribution < 1.29 is 9.18 Å². The smallest absolute Gasteiger partial charge is 0.241 e. The number of amides is 1.